The Hall–Kier alpha value is -5.84. The Morgan fingerprint density at radius 2 is 1.05 bits per heavy atom. The summed E-state index contributed by atoms with van der Waals surface area (Å²) in [6.45, 7) is 2.89. The first-order valence-corrected chi connectivity index (χ1v) is 20.1. The topological polar surface area (TPSA) is 209 Å². The largest absolute Gasteiger partial charge is 0.415 e. The van der Waals surface area contributed by atoms with Gasteiger partial charge in [0.15, 0.2) is 34.4 Å². The molecular formula is C38H45F2N15O5. The summed E-state index contributed by atoms with van der Waals surface area (Å²) >= 11 is 0. The van der Waals surface area contributed by atoms with E-state index < -0.39 is 6.61 Å². The highest BCUT2D eigenvalue weighted by atomic mass is 19.3. The van der Waals surface area contributed by atoms with Crippen LogP contribution < -0.4 is 9.64 Å². The van der Waals surface area contributed by atoms with Crippen molar-refractivity contribution >= 4 is 50.9 Å². The molecule has 3 saturated heterocycles. The molecule has 0 aliphatic carbocycles. The summed E-state index contributed by atoms with van der Waals surface area (Å²) in [7, 11) is 1.00. The highest BCUT2D eigenvalue weighted by molar-refractivity contribution is 5.79. The van der Waals surface area contributed by atoms with E-state index in [9.17, 15) is 8.78 Å². The van der Waals surface area contributed by atoms with Gasteiger partial charge in [0, 0.05) is 72.5 Å². The van der Waals surface area contributed by atoms with Gasteiger partial charge in [-0.2, -0.15) is 28.8 Å². The van der Waals surface area contributed by atoms with Crippen molar-refractivity contribution in [2.45, 2.75) is 64.8 Å². The Morgan fingerprint density at radius 3 is 1.48 bits per heavy atom. The van der Waals surface area contributed by atoms with Gasteiger partial charge in [-0.1, -0.05) is 0 Å². The number of aromatic nitrogens is 14. The summed E-state index contributed by atoms with van der Waals surface area (Å²) < 4.78 is 56.3. The molecule has 7 aromatic heterocycles. The monoisotopic (exact) mass is 829 g/mol. The van der Waals surface area contributed by atoms with Crippen LogP contribution in [-0.2, 0) is 33.8 Å². The minimum Gasteiger partial charge on any atom is -0.415 e. The van der Waals surface area contributed by atoms with Crippen LogP contribution in [0.4, 0.5) is 26.2 Å². The van der Waals surface area contributed by atoms with Gasteiger partial charge in [0.2, 0.25) is 5.88 Å². The number of aliphatic hydroxyl groups excluding tert-OH is 1. The standard InChI is InChI=1S/C37H41F2N15O4.CH4O/c38-37(39)58-32-13-33(54(49-32)31-19-42-28-16-45-52(36(28)48-31)22-25-5-11-57-12-6-25)53(29-17-40-26-14-43-50(34(26)46-29)20-23-1-7-55-8-2-23)30-18-41-27-15-44-51(35(27)47-30)21-24-3-9-56-10-4-24;1-2/h13-19,23-25,37H,1-12,20-22H2;2H,1H3. The summed E-state index contributed by atoms with van der Waals surface area (Å²) in [4.78, 5) is 31.0. The van der Waals surface area contributed by atoms with Gasteiger partial charge >= 0.3 is 6.61 Å². The summed E-state index contributed by atoms with van der Waals surface area (Å²) in [5, 5.41) is 25.4. The lowest BCUT2D eigenvalue weighted by atomic mass is 10.0. The van der Waals surface area contributed by atoms with Crippen molar-refractivity contribution in [1.82, 2.24) is 69.0 Å². The molecule has 0 spiro atoms. The minimum atomic E-state index is -3.15. The summed E-state index contributed by atoms with van der Waals surface area (Å²) in [5.41, 5.74) is 3.37. The molecule has 0 atom stereocenters. The number of nitrogens with zero attached hydrogens (tertiary/aromatic N) is 15. The van der Waals surface area contributed by atoms with Crippen molar-refractivity contribution in [3.63, 3.8) is 0 Å². The molecule has 0 amide bonds. The molecule has 10 rings (SSSR count). The Labute approximate surface area is 341 Å². The van der Waals surface area contributed by atoms with Gasteiger partial charge in [0.25, 0.3) is 0 Å². The van der Waals surface area contributed by atoms with Crippen molar-refractivity contribution < 1.29 is 32.8 Å². The molecule has 1 N–H and O–H groups in total. The van der Waals surface area contributed by atoms with E-state index in [0.717, 1.165) is 45.6 Å². The van der Waals surface area contributed by atoms with E-state index in [0.29, 0.717) is 122 Å². The number of ether oxygens (including phenoxy) is 4. The van der Waals surface area contributed by atoms with E-state index in [1.165, 1.54) is 16.9 Å². The Bertz CT molecular complexity index is 2430. The SMILES string of the molecule is CO.FC(F)Oc1cc(N(c2cnc3cnn(CC4CCOCC4)c3n2)c2cnc3cnn(CC4CCOCC4)c3n2)n(-c2cnc3cnn(CC4CCOCC4)c3n2)n1. The fourth-order valence-corrected chi connectivity index (χ4v) is 7.94. The van der Waals surface area contributed by atoms with Crippen LogP contribution in [0.25, 0.3) is 39.3 Å². The molecule has 0 bridgehead atoms. The average molecular weight is 830 g/mol. The third-order valence-corrected chi connectivity index (χ3v) is 11.1. The van der Waals surface area contributed by atoms with Crippen LogP contribution in [0.15, 0.2) is 43.2 Å². The van der Waals surface area contributed by atoms with Gasteiger partial charge in [-0.15, -0.1) is 5.10 Å². The lowest BCUT2D eigenvalue weighted by molar-refractivity contribution is -0.0530. The fourth-order valence-electron chi connectivity index (χ4n) is 7.94. The molecule has 0 unspecified atom stereocenters. The first-order valence-electron chi connectivity index (χ1n) is 20.1. The zero-order valence-corrected chi connectivity index (χ0v) is 33.0. The zero-order chi connectivity index (χ0) is 41.0. The van der Waals surface area contributed by atoms with Crippen molar-refractivity contribution in [3.8, 4) is 11.7 Å². The Balaban J connectivity index is 0.00000228. The van der Waals surface area contributed by atoms with Crippen LogP contribution in [-0.4, -0.2) is 127 Å². The van der Waals surface area contributed by atoms with Crippen molar-refractivity contribution in [2.24, 2.45) is 17.8 Å². The van der Waals surface area contributed by atoms with Crippen LogP contribution in [0.3, 0.4) is 0 Å². The van der Waals surface area contributed by atoms with Gasteiger partial charge in [-0.3, -0.25) is 4.90 Å². The molecular weight excluding hydrogens is 785 g/mol. The summed E-state index contributed by atoms with van der Waals surface area (Å²) in [6.07, 6.45) is 15.1. The van der Waals surface area contributed by atoms with Crippen LogP contribution in [0.2, 0.25) is 0 Å². The maximum absolute atomic E-state index is 13.9. The van der Waals surface area contributed by atoms with Gasteiger partial charge in [-0.25, -0.2) is 43.9 Å². The predicted octanol–water partition coefficient (Wildman–Crippen LogP) is 4.25. The van der Waals surface area contributed by atoms with Crippen LogP contribution in [0, 0.1) is 17.8 Å². The van der Waals surface area contributed by atoms with E-state index >= 15 is 0 Å². The highest BCUT2D eigenvalue weighted by Crippen LogP contribution is 2.37. The van der Waals surface area contributed by atoms with E-state index in [2.05, 4.69) is 25.4 Å². The lowest BCUT2D eigenvalue weighted by Crippen LogP contribution is -2.22. The van der Waals surface area contributed by atoms with E-state index in [-0.39, 0.29) is 17.5 Å². The van der Waals surface area contributed by atoms with Gasteiger partial charge in [0.05, 0.1) is 37.2 Å². The van der Waals surface area contributed by atoms with E-state index in [4.69, 9.17) is 49.0 Å². The van der Waals surface area contributed by atoms with Crippen molar-refractivity contribution in [3.05, 3.63) is 43.2 Å². The second-order valence-corrected chi connectivity index (χ2v) is 14.9. The van der Waals surface area contributed by atoms with Crippen LogP contribution in [0.1, 0.15) is 38.5 Å². The van der Waals surface area contributed by atoms with Gasteiger partial charge in [-0.05, 0) is 56.3 Å². The van der Waals surface area contributed by atoms with Crippen molar-refractivity contribution in [1.29, 1.82) is 0 Å². The third-order valence-electron chi connectivity index (χ3n) is 11.1. The number of fused-ring (bicyclic) bond motifs is 3. The molecule has 3 aliphatic heterocycles. The van der Waals surface area contributed by atoms with Gasteiger partial charge < -0.3 is 24.1 Å². The van der Waals surface area contributed by atoms with Gasteiger partial charge in [0.1, 0.15) is 22.4 Å². The predicted molar refractivity (Wildman–Crippen MR) is 210 cm³/mol. The maximum Gasteiger partial charge on any atom is 0.388 e. The second kappa shape index (κ2) is 17.8. The van der Waals surface area contributed by atoms with E-state index in [1.54, 1.807) is 35.9 Å². The number of hydrogen-bond donors (Lipinski definition) is 1. The molecule has 20 nitrogen and oxygen atoms in total. The minimum absolute atomic E-state index is 0.216. The molecule has 0 radical (unpaired) electrons. The molecule has 22 heteroatoms. The van der Waals surface area contributed by atoms with Crippen LogP contribution >= 0.6 is 0 Å². The lowest BCUT2D eigenvalue weighted by Gasteiger charge is -2.24. The zero-order valence-electron chi connectivity index (χ0n) is 33.0. The number of alkyl halides is 2. The number of hydrogen-bond acceptors (Lipinski definition) is 16. The number of halogens is 2. The number of aliphatic hydroxyl groups is 1. The summed E-state index contributed by atoms with van der Waals surface area (Å²) in [6, 6.07) is 1.38. The molecule has 10 heterocycles. The average Bonchev–Trinajstić information content (AvgIpc) is 4.09. The third kappa shape index (κ3) is 8.31. The molecule has 0 saturated carbocycles. The fraction of sp³-hybridized carbons (Fsp3) is 0.526. The maximum atomic E-state index is 13.9. The summed E-state index contributed by atoms with van der Waals surface area (Å²) in [5.74, 6) is 1.74. The molecule has 316 valence electrons. The second-order valence-electron chi connectivity index (χ2n) is 14.9. The Morgan fingerprint density at radius 1 is 0.633 bits per heavy atom. The smallest absolute Gasteiger partial charge is 0.388 e. The molecule has 7 aromatic rings. The molecule has 0 aromatic carbocycles. The molecule has 3 aliphatic rings. The first-order chi connectivity index (χ1) is 29.5. The molecule has 60 heavy (non-hydrogen) atoms. The first kappa shape index (κ1) is 39.6. The van der Waals surface area contributed by atoms with E-state index in [1.807, 2.05) is 14.0 Å². The highest BCUT2D eigenvalue weighted by Gasteiger charge is 2.28. The Kier molecular flexibility index (Phi) is 11.7. The number of anilines is 3. The number of rotatable bonds is 12. The quantitative estimate of drug-likeness (QED) is 0.183. The van der Waals surface area contributed by atoms with Crippen molar-refractivity contribution in [2.75, 3.05) is 51.7 Å². The normalized spacial score (nSPS) is 17.1. The molecule has 3 fully saturated rings. The van der Waals surface area contributed by atoms with Crippen LogP contribution in [0.5, 0.6) is 5.88 Å².